The predicted molar refractivity (Wildman–Crippen MR) is 141 cm³/mol. The molecule has 184 valence electrons. The third kappa shape index (κ3) is 5.49. The van der Waals surface area contributed by atoms with Crippen LogP contribution >= 0.6 is 11.8 Å². The van der Waals surface area contributed by atoms with E-state index >= 15 is 0 Å². The van der Waals surface area contributed by atoms with Crippen LogP contribution in [0.2, 0.25) is 0 Å². The summed E-state index contributed by atoms with van der Waals surface area (Å²) in [5.41, 5.74) is 3.85. The first-order valence-electron chi connectivity index (χ1n) is 11.8. The van der Waals surface area contributed by atoms with E-state index in [1.54, 1.807) is 0 Å². The number of aryl methyl sites for hydroxylation is 1. The van der Waals surface area contributed by atoms with Gasteiger partial charge in [0.2, 0.25) is 6.79 Å². The smallest absolute Gasteiger partial charge is 0.264 e. The van der Waals surface area contributed by atoms with E-state index in [-0.39, 0.29) is 12.7 Å². The maximum Gasteiger partial charge on any atom is 0.264 e. The molecule has 1 fully saturated rings. The van der Waals surface area contributed by atoms with Gasteiger partial charge in [0.1, 0.15) is 6.61 Å². The number of aliphatic imine (C=N–C) groups is 1. The zero-order valence-electron chi connectivity index (χ0n) is 20.1. The van der Waals surface area contributed by atoms with E-state index < -0.39 is 0 Å². The van der Waals surface area contributed by atoms with Gasteiger partial charge in [-0.25, -0.2) is 4.99 Å². The van der Waals surface area contributed by atoms with Crippen LogP contribution in [0.1, 0.15) is 30.5 Å². The molecule has 7 nitrogen and oxygen atoms in total. The van der Waals surface area contributed by atoms with Crippen molar-refractivity contribution in [3.63, 3.8) is 0 Å². The summed E-state index contributed by atoms with van der Waals surface area (Å²) in [7, 11) is 0. The van der Waals surface area contributed by atoms with E-state index in [1.165, 1.54) is 17.3 Å². The molecule has 0 atom stereocenters. The van der Waals surface area contributed by atoms with Crippen LogP contribution in [0.5, 0.6) is 23.0 Å². The van der Waals surface area contributed by atoms with Crippen LogP contribution in [0.25, 0.3) is 6.08 Å². The molecule has 0 spiro atoms. The lowest BCUT2D eigenvalue weighted by molar-refractivity contribution is -0.115. The van der Waals surface area contributed by atoms with Gasteiger partial charge in [0.25, 0.3) is 5.91 Å². The van der Waals surface area contributed by atoms with Crippen molar-refractivity contribution in [1.29, 1.82) is 0 Å². The van der Waals surface area contributed by atoms with E-state index in [1.807, 2.05) is 73.7 Å². The number of nitrogens with one attached hydrogen (secondary N) is 1. The number of hydrogen-bond acceptors (Lipinski definition) is 7. The summed E-state index contributed by atoms with van der Waals surface area (Å²) in [5, 5.41) is 3.40. The van der Waals surface area contributed by atoms with E-state index in [0.29, 0.717) is 34.8 Å². The number of benzene rings is 3. The van der Waals surface area contributed by atoms with E-state index in [4.69, 9.17) is 18.9 Å². The summed E-state index contributed by atoms with van der Waals surface area (Å²) < 4.78 is 22.7. The first-order valence-corrected chi connectivity index (χ1v) is 12.6. The monoisotopic (exact) mass is 502 g/mol. The fourth-order valence-corrected chi connectivity index (χ4v) is 4.59. The van der Waals surface area contributed by atoms with Crippen molar-refractivity contribution in [1.82, 2.24) is 5.32 Å². The summed E-state index contributed by atoms with van der Waals surface area (Å²) in [4.78, 5) is 17.7. The van der Waals surface area contributed by atoms with Crippen LogP contribution in [-0.2, 0) is 17.8 Å². The van der Waals surface area contributed by atoms with E-state index in [2.05, 4.69) is 17.2 Å². The van der Waals surface area contributed by atoms with Gasteiger partial charge in [-0.15, -0.1) is 0 Å². The largest absolute Gasteiger partial charge is 0.490 e. The summed E-state index contributed by atoms with van der Waals surface area (Å²) in [6, 6.07) is 19.4. The van der Waals surface area contributed by atoms with E-state index in [0.717, 1.165) is 34.7 Å². The minimum atomic E-state index is -0.176. The average Bonchev–Trinajstić information content (AvgIpc) is 3.50. The zero-order valence-corrected chi connectivity index (χ0v) is 20.9. The van der Waals surface area contributed by atoms with Crippen molar-refractivity contribution in [2.45, 2.75) is 26.9 Å². The Kier molecular flexibility index (Phi) is 7.13. The molecule has 0 saturated carbocycles. The minimum absolute atomic E-state index is 0.176. The Bertz CT molecular complexity index is 1330. The fourth-order valence-electron chi connectivity index (χ4n) is 3.75. The maximum absolute atomic E-state index is 12.5. The molecule has 0 aromatic heterocycles. The van der Waals surface area contributed by atoms with Gasteiger partial charge in [0.15, 0.2) is 28.2 Å². The number of hydrogen-bond donors (Lipinski definition) is 1. The molecule has 0 unspecified atom stereocenters. The number of carbonyl (C=O) groups excluding carboxylic acids is 1. The van der Waals surface area contributed by atoms with Crippen LogP contribution in [0.3, 0.4) is 0 Å². The second-order valence-corrected chi connectivity index (χ2v) is 9.15. The number of nitrogens with zero attached hydrogens (tertiary/aromatic N) is 1. The molecule has 8 heteroatoms. The van der Waals surface area contributed by atoms with Crippen molar-refractivity contribution in [3.05, 3.63) is 82.3 Å². The third-order valence-electron chi connectivity index (χ3n) is 5.62. The SMILES string of the molecule is CCOc1cc(/C=C2\SC(=Nc3ccc(CC)cc3)NC2=O)ccc1OCc1ccc2c(c1)OCO2. The predicted octanol–water partition coefficient (Wildman–Crippen LogP) is 5.85. The topological polar surface area (TPSA) is 78.4 Å². The van der Waals surface area contributed by atoms with E-state index in [9.17, 15) is 4.79 Å². The van der Waals surface area contributed by atoms with Crippen molar-refractivity contribution in [3.8, 4) is 23.0 Å². The number of amides is 1. The molecule has 2 aliphatic rings. The standard InChI is InChI=1S/C28H26N2O5S/c1-3-18-5-9-21(10-6-18)29-28-30-27(31)26(36-28)15-19-7-11-22(24(13-19)32-4-2)33-16-20-8-12-23-25(14-20)35-17-34-23/h5-15H,3-4,16-17H2,1-2H3,(H,29,30,31)/b26-15-. The Morgan fingerprint density at radius 1 is 0.944 bits per heavy atom. The van der Waals surface area contributed by atoms with Gasteiger partial charge < -0.3 is 24.3 Å². The van der Waals surface area contributed by atoms with Gasteiger partial charge in [0.05, 0.1) is 17.2 Å². The number of rotatable bonds is 8. The quantitative estimate of drug-likeness (QED) is 0.390. The van der Waals surface area contributed by atoms with Gasteiger partial charge in [-0.2, -0.15) is 0 Å². The van der Waals surface area contributed by atoms with Crippen LogP contribution in [0, 0.1) is 0 Å². The Balaban J connectivity index is 1.29. The zero-order chi connectivity index (χ0) is 24.9. The van der Waals surface area contributed by atoms with Gasteiger partial charge >= 0.3 is 0 Å². The Morgan fingerprint density at radius 3 is 2.56 bits per heavy atom. The lowest BCUT2D eigenvalue weighted by Crippen LogP contribution is -2.19. The number of carbonyl (C=O) groups is 1. The fraction of sp³-hybridized carbons (Fsp3) is 0.214. The average molecular weight is 503 g/mol. The second-order valence-electron chi connectivity index (χ2n) is 8.12. The summed E-state index contributed by atoms with van der Waals surface area (Å²) in [6.45, 7) is 5.11. The summed E-state index contributed by atoms with van der Waals surface area (Å²) in [5.74, 6) is 2.52. The highest BCUT2D eigenvalue weighted by molar-refractivity contribution is 8.18. The number of thioether (sulfide) groups is 1. The molecule has 36 heavy (non-hydrogen) atoms. The molecule has 3 aromatic carbocycles. The normalized spacial score (nSPS) is 16.4. The van der Waals surface area contributed by atoms with Gasteiger partial charge in [-0.1, -0.05) is 31.2 Å². The lowest BCUT2D eigenvalue weighted by atomic mass is 10.1. The van der Waals surface area contributed by atoms with Gasteiger partial charge in [-0.3, -0.25) is 4.79 Å². The molecule has 2 heterocycles. The molecule has 0 bridgehead atoms. The van der Waals surface area contributed by atoms with Gasteiger partial charge in [0, 0.05) is 0 Å². The van der Waals surface area contributed by atoms with Crippen molar-refractivity contribution >= 4 is 34.6 Å². The molecular formula is C28H26N2O5S. The molecule has 2 aliphatic heterocycles. The summed E-state index contributed by atoms with van der Waals surface area (Å²) in [6.07, 6.45) is 2.80. The Labute approximate surface area is 214 Å². The first kappa shape index (κ1) is 23.8. The number of ether oxygens (including phenoxy) is 4. The molecule has 0 aliphatic carbocycles. The van der Waals surface area contributed by atoms with Crippen molar-refractivity contribution in [2.75, 3.05) is 13.4 Å². The number of amidine groups is 1. The minimum Gasteiger partial charge on any atom is -0.490 e. The lowest BCUT2D eigenvalue weighted by Gasteiger charge is -2.13. The molecule has 1 amide bonds. The molecule has 3 aromatic rings. The molecule has 1 saturated heterocycles. The maximum atomic E-state index is 12.5. The Hall–Kier alpha value is -3.91. The van der Waals surface area contributed by atoms with Crippen LogP contribution in [0.15, 0.2) is 70.6 Å². The highest BCUT2D eigenvalue weighted by Gasteiger charge is 2.24. The van der Waals surface area contributed by atoms with Crippen molar-refractivity contribution in [2.24, 2.45) is 4.99 Å². The number of fused-ring (bicyclic) bond motifs is 1. The molecule has 5 rings (SSSR count). The molecule has 1 N–H and O–H groups in total. The molecule has 0 radical (unpaired) electrons. The van der Waals surface area contributed by atoms with Crippen LogP contribution in [-0.4, -0.2) is 24.5 Å². The van der Waals surface area contributed by atoms with Gasteiger partial charge in [-0.05, 0) is 84.3 Å². The highest BCUT2D eigenvalue weighted by Crippen LogP contribution is 2.35. The van der Waals surface area contributed by atoms with Crippen LogP contribution < -0.4 is 24.3 Å². The van der Waals surface area contributed by atoms with Crippen molar-refractivity contribution < 1.29 is 23.7 Å². The Morgan fingerprint density at radius 2 is 1.75 bits per heavy atom. The summed E-state index contributed by atoms with van der Waals surface area (Å²) >= 11 is 1.32. The first-order chi connectivity index (χ1) is 17.6. The second kappa shape index (κ2) is 10.8. The third-order valence-corrected chi connectivity index (χ3v) is 6.53. The van der Waals surface area contributed by atoms with Crippen LogP contribution in [0.4, 0.5) is 5.69 Å². The highest BCUT2D eigenvalue weighted by atomic mass is 32.2. The molecular weight excluding hydrogens is 476 g/mol.